The number of pyridine rings is 1. The molecule has 3 aromatic heterocycles. The lowest BCUT2D eigenvalue weighted by molar-refractivity contribution is 0.382. The van der Waals surface area contributed by atoms with Crippen molar-refractivity contribution in [1.82, 2.24) is 24.2 Å². The third-order valence-electron chi connectivity index (χ3n) is 5.29. The molecule has 1 aliphatic rings. The van der Waals surface area contributed by atoms with Crippen LogP contribution in [0.15, 0.2) is 59.2 Å². The zero-order valence-corrected chi connectivity index (χ0v) is 19.0. The minimum atomic E-state index is -3.56. The maximum atomic E-state index is 12.9. The van der Waals surface area contributed by atoms with Gasteiger partial charge in [-0.05, 0) is 31.2 Å². The number of nitrogens with one attached hydrogen (secondary N) is 1. The molecule has 1 N–H and O–H groups in total. The minimum Gasteiger partial charge on any atom is -0.338 e. The molecule has 1 saturated heterocycles. The normalized spacial score (nSPS) is 15.2. The molecule has 4 heterocycles. The molecule has 5 rings (SSSR count). The number of hydrogen-bond acceptors (Lipinski definition) is 9. The lowest BCUT2D eigenvalue weighted by atomic mass is 10.2. The molecule has 0 atom stereocenters. The summed E-state index contributed by atoms with van der Waals surface area (Å²) < 4.78 is 27.2. The number of fused-ring (bicyclic) bond motifs is 1. The van der Waals surface area contributed by atoms with Crippen molar-refractivity contribution < 1.29 is 8.42 Å². The van der Waals surface area contributed by atoms with Crippen molar-refractivity contribution in [1.29, 1.82) is 0 Å². The highest BCUT2D eigenvalue weighted by molar-refractivity contribution is 7.89. The molecule has 1 aromatic carbocycles. The van der Waals surface area contributed by atoms with Crippen LogP contribution in [0.5, 0.6) is 0 Å². The van der Waals surface area contributed by atoms with Crippen LogP contribution in [-0.4, -0.2) is 58.8 Å². The number of nitrogens with zero attached hydrogens (tertiary/aromatic N) is 6. The molecule has 0 amide bonds. The van der Waals surface area contributed by atoms with E-state index in [-0.39, 0.29) is 4.90 Å². The van der Waals surface area contributed by atoms with Crippen LogP contribution in [-0.2, 0) is 10.0 Å². The van der Waals surface area contributed by atoms with E-state index in [0.717, 1.165) is 16.0 Å². The van der Waals surface area contributed by atoms with E-state index in [9.17, 15) is 8.42 Å². The maximum Gasteiger partial charge on any atom is 0.244 e. The van der Waals surface area contributed by atoms with Gasteiger partial charge in [-0.2, -0.15) is 14.3 Å². The number of thiazole rings is 1. The van der Waals surface area contributed by atoms with Crippen LogP contribution in [0.2, 0.25) is 0 Å². The van der Waals surface area contributed by atoms with Gasteiger partial charge in [0.1, 0.15) is 10.4 Å². The molecule has 0 unspecified atom stereocenters. The second-order valence-corrected chi connectivity index (χ2v) is 10.2. The predicted molar refractivity (Wildman–Crippen MR) is 125 cm³/mol. The monoisotopic (exact) mass is 467 g/mol. The van der Waals surface area contributed by atoms with E-state index in [4.69, 9.17) is 4.98 Å². The molecule has 0 bridgehead atoms. The molecule has 4 aromatic rings. The van der Waals surface area contributed by atoms with Crippen LogP contribution in [0.3, 0.4) is 0 Å². The number of aromatic nitrogens is 4. The Morgan fingerprint density at radius 3 is 2.53 bits per heavy atom. The van der Waals surface area contributed by atoms with E-state index in [1.54, 1.807) is 23.8 Å². The Kier molecular flexibility index (Phi) is 5.45. The first kappa shape index (κ1) is 20.7. The number of piperazine rings is 1. The fraction of sp³-hybridized carbons (Fsp3) is 0.238. The Morgan fingerprint density at radius 2 is 1.81 bits per heavy atom. The Bertz CT molecular complexity index is 1330. The molecular weight excluding hydrogens is 446 g/mol. The second kappa shape index (κ2) is 8.41. The zero-order chi connectivity index (χ0) is 22.1. The molecular formula is C21H21N7O2S2. The highest BCUT2D eigenvalue weighted by atomic mass is 32.2. The van der Waals surface area contributed by atoms with Gasteiger partial charge in [0, 0.05) is 44.3 Å². The Balaban J connectivity index is 1.37. The average Bonchev–Trinajstić information content (AvgIpc) is 3.30. The molecule has 1 aliphatic heterocycles. The van der Waals surface area contributed by atoms with Gasteiger partial charge < -0.3 is 10.2 Å². The van der Waals surface area contributed by atoms with Crippen molar-refractivity contribution >= 4 is 49.2 Å². The molecule has 32 heavy (non-hydrogen) atoms. The summed E-state index contributed by atoms with van der Waals surface area (Å²) in [7, 11) is -3.56. The summed E-state index contributed by atoms with van der Waals surface area (Å²) in [5.74, 6) is 1.20. The standard InChI is InChI=1S/C21H21N7O2S2/c1-15-4-6-16(7-5-15)24-19-18-20(31-14-23-18)26-21(25-19)27-9-11-28(12-10-27)32(29,30)17-3-2-8-22-13-17/h2-8,13-14H,9-12H2,1H3,(H,24,25,26). The fourth-order valence-corrected chi connectivity index (χ4v) is 5.57. The molecule has 164 valence electrons. The number of hydrogen-bond donors (Lipinski definition) is 1. The third kappa shape index (κ3) is 4.01. The highest BCUT2D eigenvalue weighted by Crippen LogP contribution is 2.28. The topological polar surface area (TPSA) is 104 Å². The van der Waals surface area contributed by atoms with Gasteiger partial charge >= 0.3 is 0 Å². The number of rotatable bonds is 5. The van der Waals surface area contributed by atoms with Crippen LogP contribution < -0.4 is 10.2 Å². The van der Waals surface area contributed by atoms with Crippen LogP contribution >= 0.6 is 11.3 Å². The quantitative estimate of drug-likeness (QED) is 0.478. The Hall–Kier alpha value is -3.15. The first-order valence-corrected chi connectivity index (χ1v) is 12.4. The van der Waals surface area contributed by atoms with Crippen LogP contribution in [0.25, 0.3) is 10.3 Å². The summed E-state index contributed by atoms with van der Waals surface area (Å²) >= 11 is 1.45. The van der Waals surface area contributed by atoms with Gasteiger partial charge in [-0.1, -0.05) is 17.7 Å². The molecule has 0 aliphatic carbocycles. The van der Waals surface area contributed by atoms with Crippen molar-refractivity contribution in [2.45, 2.75) is 11.8 Å². The van der Waals surface area contributed by atoms with E-state index in [2.05, 4.69) is 20.3 Å². The third-order valence-corrected chi connectivity index (χ3v) is 7.90. The number of sulfonamides is 1. The average molecular weight is 468 g/mol. The van der Waals surface area contributed by atoms with Gasteiger partial charge in [0.2, 0.25) is 16.0 Å². The van der Waals surface area contributed by atoms with Crippen molar-refractivity contribution in [2.24, 2.45) is 0 Å². The maximum absolute atomic E-state index is 12.9. The first-order valence-electron chi connectivity index (χ1n) is 10.1. The van der Waals surface area contributed by atoms with Crippen LogP contribution in [0, 0.1) is 6.92 Å². The zero-order valence-electron chi connectivity index (χ0n) is 17.3. The highest BCUT2D eigenvalue weighted by Gasteiger charge is 2.30. The summed E-state index contributed by atoms with van der Waals surface area (Å²) in [5, 5.41) is 3.35. The SMILES string of the molecule is Cc1ccc(Nc2nc(N3CCN(S(=O)(=O)c4cccnc4)CC3)nc3scnc23)cc1. The summed E-state index contributed by atoms with van der Waals surface area (Å²) in [6, 6.07) is 11.3. The molecule has 1 fully saturated rings. The van der Waals surface area contributed by atoms with E-state index >= 15 is 0 Å². The predicted octanol–water partition coefficient (Wildman–Crippen LogP) is 3.04. The Labute approximate surface area is 189 Å². The summed E-state index contributed by atoms with van der Waals surface area (Å²) in [6.07, 6.45) is 2.94. The van der Waals surface area contributed by atoms with Gasteiger partial charge in [0.15, 0.2) is 10.6 Å². The molecule has 0 saturated carbocycles. The van der Waals surface area contributed by atoms with Crippen LogP contribution in [0.1, 0.15) is 5.56 Å². The van der Waals surface area contributed by atoms with Gasteiger partial charge in [-0.15, -0.1) is 11.3 Å². The number of aryl methyl sites for hydroxylation is 1. The van der Waals surface area contributed by atoms with Gasteiger partial charge in [0.05, 0.1) is 5.51 Å². The van der Waals surface area contributed by atoms with Gasteiger partial charge in [-0.3, -0.25) is 4.98 Å². The van der Waals surface area contributed by atoms with E-state index in [1.165, 1.54) is 27.4 Å². The fourth-order valence-electron chi connectivity index (χ4n) is 3.53. The first-order chi connectivity index (χ1) is 15.5. The molecule has 0 radical (unpaired) electrons. The lowest BCUT2D eigenvalue weighted by Gasteiger charge is -2.34. The lowest BCUT2D eigenvalue weighted by Crippen LogP contribution is -2.49. The minimum absolute atomic E-state index is 0.209. The van der Waals surface area contributed by atoms with Crippen molar-refractivity contribution in [3.63, 3.8) is 0 Å². The van der Waals surface area contributed by atoms with Gasteiger partial charge in [-0.25, -0.2) is 13.4 Å². The summed E-state index contributed by atoms with van der Waals surface area (Å²) in [4.78, 5) is 20.8. The van der Waals surface area contributed by atoms with Crippen molar-refractivity contribution in [2.75, 3.05) is 36.4 Å². The number of anilines is 3. The molecule has 9 nitrogen and oxygen atoms in total. The second-order valence-electron chi connectivity index (χ2n) is 7.45. The smallest absolute Gasteiger partial charge is 0.244 e. The number of benzene rings is 1. The molecule has 11 heteroatoms. The van der Waals surface area contributed by atoms with Crippen molar-refractivity contribution in [3.8, 4) is 0 Å². The Morgan fingerprint density at radius 1 is 1.03 bits per heavy atom. The van der Waals surface area contributed by atoms with Crippen molar-refractivity contribution in [3.05, 3.63) is 59.9 Å². The van der Waals surface area contributed by atoms with Gasteiger partial charge in [0.25, 0.3) is 0 Å². The van der Waals surface area contributed by atoms with E-state index in [1.807, 2.05) is 36.1 Å². The van der Waals surface area contributed by atoms with E-state index < -0.39 is 10.0 Å². The van der Waals surface area contributed by atoms with Crippen LogP contribution in [0.4, 0.5) is 17.5 Å². The summed E-state index contributed by atoms with van der Waals surface area (Å²) in [6.45, 7) is 3.73. The largest absolute Gasteiger partial charge is 0.338 e. The molecule has 0 spiro atoms. The van der Waals surface area contributed by atoms with E-state index in [0.29, 0.717) is 37.9 Å². The summed E-state index contributed by atoms with van der Waals surface area (Å²) in [5.41, 5.74) is 4.57.